The molecule has 0 bridgehead atoms. The van der Waals surface area contributed by atoms with E-state index in [0.29, 0.717) is 25.7 Å². The molecule has 612 valence electrons. The fourth-order valence-corrected chi connectivity index (χ4v) is 14.7. The second-order valence-electron chi connectivity index (χ2n) is 30.7. The Morgan fingerprint density at radius 1 is 0.262 bits per heavy atom. The van der Waals surface area contributed by atoms with Crippen molar-refractivity contribution in [1.29, 1.82) is 0 Å². The molecule has 19 heteroatoms. The van der Waals surface area contributed by atoms with E-state index in [1.54, 1.807) is 0 Å². The number of phosphoric acid groups is 2. The molecule has 0 heterocycles. The summed E-state index contributed by atoms with van der Waals surface area (Å²) in [5, 5.41) is 10.7. The largest absolute Gasteiger partial charge is 0.472 e. The Hall–Kier alpha value is -1.94. The van der Waals surface area contributed by atoms with Crippen LogP contribution in [0.25, 0.3) is 0 Å². The number of hydrogen-bond donors (Lipinski definition) is 3. The van der Waals surface area contributed by atoms with Gasteiger partial charge in [0.05, 0.1) is 26.4 Å². The van der Waals surface area contributed by atoms with E-state index >= 15 is 0 Å². The van der Waals surface area contributed by atoms with E-state index in [1.165, 1.54) is 276 Å². The molecule has 0 saturated heterocycles. The molecule has 2 unspecified atom stereocenters. The van der Waals surface area contributed by atoms with Crippen molar-refractivity contribution >= 4 is 39.5 Å². The lowest BCUT2D eigenvalue weighted by molar-refractivity contribution is -0.161. The molecule has 0 aliphatic carbocycles. The summed E-state index contributed by atoms with van der Waals surface area (Å²) in [4.78, 5) is 73.1. The van der Waals surface area contributed by atoms with Gasteiger partial charge in [0.2, 0.25) is 0 Å². The predicted molar refractivity (Wildman–Crippen MR) is 423 cm³/mol. The third kappa shape index (κ3) is 78.0. The van der Waals surface area contributed by atoms with Crippen LogP contribution in [-0.2, 0) is 65.4 Å². The molecule has 0 aliphatic heterocycles. The Balaban J connectivity index is 5.23. The number of carbonyl (C=O) groups excluding carboxylic acids is 4. The molecule has 0 aromatic heterocycles. The number of esters is 4. The summed E-state index contributed by atoms with van der Waals surface area (Å²) in [6.07, 6.45) is 69.3. The minimum atomic E-state index is -4.96. The Labute approximate surface area is 632 Å². The monoisotopic (exact) mass is 1510 g/mol. The van der Waals surface area contributed by atoms with E-state index in [2.05, 4.69) is 34.6 Å². The van der Waals surface area contributed by atoms with E-state index in [9.17, 15) is 43.2 Å². The van der Waals surface area contributed by atoms with Crippen molar-refractivity contribution in [2.24, 2.45) is 5.92 Å². The quantitative estimate of drug-likeness (QED) is 0.0222. The topological polar surface area (TPSA) is 237 Å². The first-order chi connectivity index (χ1) is 50.0. The van der Waals surface area contributed by atoms with Crippen molar-refractivity contribution in [2.75, 3.05) is 39.6 Å². The van der Waals surface area contributed by atoms with Gasteiger partial charge in [-0.15, -0.1) is 0 Å². The molecule has 3 N–H and O–H groups in total. The standard InChI is InChI=1S/C84H164O17P2/c1-6-9-12-15-18-21-24-26-28-30-31-32-33-35-41-45-50-55-60-65-70-84(89)101-80(74-95-82(87)68-63-58-53-48-43-39-37-36-38-42-46-51-56-61-66-77(4)5)76-99-103(92,93)97-72-78(85)71-96-102(90,91)98-75-79(73-94-81(86)67-62-57-52-47-23-20-17-14-11-8-3)100-83(88)69-64-59-54-49-44-40-34-29-27-25-22-19-16-13-10-7-2/h77-80,85H,6-76H2,1-5H3,(H,90,91)(H,92,93)/t78-,79+,80+/m0/s1. The minimum Gasteiger partial charge on any atom is -0.462 e. The van der Waals surface area contributed by atoms with Gasteiger partial charge in [0.15, 0.2) is 12.2 Å². The molecule has 0 rings (SSSR count). The van der Waals surface area contributed by atoms with E-state index in [0.717, 1.165) is 95.8 Å². The number of rotatable bonds is 84. The van der Waals surface area contributed by atoms with E-state index in [4.69, 9.17) is 37.0 Å². The first-order valence-corrected chi connectivity index (χ1v) is 46.6. The number of carbonyl (C=O) groups is 4. The first kappa shape index (κ1) is 101. The Morgan fingerprint density at radius 2 is 0.447 bits per heavy atom. The van der Waals surface area contributed by atoms with Crippen LogP contribution in [0.3, 0.4) is 0 Å². The number of unbranched alkanes of at least 4 members (excludes halogenated alkanes) is 56. The van der Waals surface area contributed by atoms with Gasteiger partial charge in [-0.3, -0.25) is 37.3 Å². The fourth-order valence-electron chi connectivity index (χ4n) is 13.1. The lowest BCUT2D eigenvalue weighted by Crippen LogP contribution is -2.30. The van der Waals surface area contributed by atoms with Crippen LogP contribution in [0, 0.1) is 5.92 Å². The fraction of sp³-hybridized carbons (Fsp3) is 0.952. The molecule has 0 fully saturated rings. The second-order valence-corrected chi connectivity index (χ2v) is 33.6. The van der Waals surface area contributed by atoms with Gasteiger partial charge in [0.1, 0.15) is 19.3 Å². The average Bonchev–Trinajstić information content (AvgIpc) is 1.01. The van der Waals surface area contributed by atoms with Crippen molar-refractivity contribution in [3.05, 3.63) is 0 Å². The highest BCUT2D eigenvalue weighted by Crippen LogP contribution is 2.45. The van der Waals surface area contributed by atoms with E-state index in [-0.39, 0.29) is 25.7 Å². The van der Waals surface area contributed by atoms with Crippen LogP contribution in [0.15, 0.2) is 0 Å². The number of hydrogen-bond acceptors (Lipinski definition) is 15. The Kier molecular flexibility index (Phi) is 75.4. The van der Waals surface area contributed by atoms with Gasteiger partial charge in [-0.25, -0.2) is 9.13 Å². The Morgan fingerprint density at radius 3 is 0.660 bits per heavy atom. The molecule has 0 amide bonds. The van der Waals surface area contributed by atoms with Crippen LogP contribution in [0.1, 0.15) is 452 Å². The zero-order valence-electron chi connectivity index (χ0n) is 67.5. The summed E-state index contributed by atoms with van der Waals surface area (Å²) in [6, 6.07) is 0. The maximum absolute atomic E-state index is 13.1. The van der Waals surface area contributed by atoms with Crippen molar-refractivity contribution in [3.8, 4) is 0 Å². The molecule has 0 aromatic carbocycles. The molecule has 0 radical (unpaired) electrons. The highest BCUT2D eigenvalue weighted by Gasteiger charge is 2.30. The third-order valence-electron chi connectivity index (χ3n) is 19.8. The third-order valence-corrected chi connectivity index (χ3v) is 21.7. The Bertz CT molecular complexity index is 1960. The van der Waals surface area contributed by atoms with Crippen LogP contribution in [0.5, 0.6) is 0 Å². The zero-order valence-corrected chi connectivity index (χ0v) is 69.3. The van der Waals surface area contributed by atoms with Crippen LogP contribution in [0.2, 0.25) is 0 Å². The van der Waals surface area contributed by atoms with E-state index < -0.39 is 97.5 Å². The average molecular weight is 1510 g/mol. The lowest BCUT2D eigenvalue weighted by Gasteiger charge is -2.21. The van der Waals surface area contributed by atoms with Crippen LogP contribution >= 0.6 is 15.6 Å². The predicted octanol–water partition coefficient (Wildman–Crippen LogP) is 25.6. The molecule has 17 nitrogen and oxygen atoms in total. The summed E-state index contributed by atoms with van der Waals surface area (Å²) in [5.74, 6) is -1.30. The molecule has 5 atom stereocenters. The number of aliphatic hydroxyl groups is 1. The molecular formula is C84H164O17P2. The number of ether oxygens (including phenoxy) is 4. The van der Waals surface area contributed by atoms with Crippen LogP contribution in [-0.4, -0.2) is 96.7 Å². The van der Waals surface area contributed by atoms with Gasteiger partial charge in [-0.1, -0.05) is 401 Å². The van der Waals surface area contributed by atoms with Crippen LogP contribution < -0.4 is 0 Å². The van der Waals surface area contributed by atoms with Crippen molar-refractivity contribution < 1.29 is 80.2 Å². The first-order valence-electron chi connectivity index (χ1n) is 43.6. The van der Waals surface area contributed by atoms with Gasteiger partial charge < -0.3 is 33.8 Å². The number of phosphoric ester groups is 2. The normalized spacial score (nSPS) is 13.8. The number of aliphatic hydroxyl groups excluding tert-OH is 1. The zero-order chi connectivity index (χ0) is 75.5. The summed E-state index contributed by atoms with van der Waals surface area (Å²) in [7, 11) is -9.92. The maximum atomic E-state index is 13.1. The molecule has 103 heavy (non-hydrogen) atoms. The summed E-state index contributed by atoms with van der Waals surface area (Å²) in [5.41, 5.74) is 0. The van der Waals surface area contributed by atoms with Gasteiger partial charge in [-0.05, 0) is 31.6 Å². The minimum absolute atomic E-state index is 0.109. The molecule has 0 spiro atoms. The van der Waals surface area contributed by atoms with Crippen molar-refractivity contribution in [3.63, 3.8) is 0 Å². The highest BCUT2D eigenvalue weighted by molar-refractivity contribution is 7.47. The van der Waals surface area contributed by atoms with Gasteiger partial charge in [0.25, 0.3) is 0 Å². The van der Waals surface area contributed by atoms with E-state index in [1.807, 2.05) is 0 Å². The molecule has 0 saturated carbocycles. The maximum Gasteiger partial charge on any atom is 0.472 e. The van der Waals surface area contributed by atoms with Gasteiger partial charge >= 0.3 is 39.5 Å². The summed E-state index contributed by atoms with van der Waals surface area (Å²) in [6.45, 7) is 7.37. The smallest absolute Gasteiger partial charge is 0.462 e. The molecule has 0 aliphatic rings. The van der Waals surface area contributed by atoms with Crippen molar-refractivity contribution in [1.82, 2.24) is 0 Å². The molecular weight excluding hydrogens is 1340 g/mol. The van der Waals surface area contributed by atoms with Crippen LogP contribution in [0.4, 0.5) is 0 Å². The molecule has 0 aromatic rings. The second kappa shape index (κ2) is 76.8. The summed E-state index contributed by atoms with van der Waals surface area (Å²) < 4.78 is 68.8. The SMILES string of the molecule is CCCCCCCCCCCCCCCCCCCCCCC(=O)O[C@H](COC(=O)CCCCCCCCCCCCCCCCC(C)C)COP(=O)(O)OC[C@@H](O)COP(=O)(O)OC[C@@H](COC(=O)CCCCCCCCCCCC)OC(=O)CCCCCCCCCCCCCCCCCC. The lowest BCUT2D eigenvalue weighted by atomic mass is 10.0. The highest BCUT2D eigenvalue weighted by atomic mass is 31.2. The van der Waals surface area contributed by atoms with Crippen molar-refractivity contribution in [2.45, 2.75) is 470 Å². The summed E-state index contributed by atoms with van der Waals surface area (Å²) >= 11 is 0. The van der Waals surface area contributed by atoms with Gasteiger partial charge in [0, 0.05) is 25.7 Å². The van der Waals surface area contributed by atoms with Gasteiger partial charge in [-0.2, -0.15) is 0 Å².